The number of carbonyl (C=O) groups is 2. The molecule has 1 aliphatic heterocycles. The third kappa shape index (κ3) is 11.5. The second-order valence-electron chi connectivity index (χ2n) is 12.4. The van der Waals surface area contributed by atoms with Crippen LogP contribution in [0.3, 0.4) is 0 Å². The molecule has 0 radical (unpaired) electrons. The number of hydrogen-bond donors (Lipinski definition) is 1. The summed E-state index contributed by atoms with van der Waals surface area (Å²) in [5, 5.41) is 2.56. The molecule has 0 aromatic heterocycles. The van der Waals surface area contributed by atoms with Crippen LogP contribution in [0, 0.1) is 11.7 Å². The van der Waals surface area contributed by atoms with E-state index in [1.165, 1.54) is 38.1 Å². The summed E-state index contributed by atoms with van der Waals surface area (Å²) in [6.07, 6.45) is 5.78. The number of rotatable bonds is 9. The highest BCUT2D eigenvalue weighted by Crippen LogP contribution is 2.41. The lowest BCUT2D eigenvalue weighted by Gasteiger charge is -2.33. The lowest BCUT2D eigenvalue weighted by molar-refractivity contribution is -0.124. The maximum absolute atomic E-state index is 15.1. The minimum absolute atomic E-state index is 0.0488. The first kappa shape index (κ1) is 37.1. The third-order valence-electron chi connectivity index (χ3n) is 8.42. The normalized spacial score (nSPS) is 20.9. The second-order valence-corrected chi connectivity index (χ2v) is 12.4. The van der Waals surface area contributed by atoms with Gasteiger partial charge in [-0.1, -0.05) is 43.9 Å². The molecular formula is C35H45F6N3O2. The molecule has 1 aromatic rings. The number of carbonyl (C=O) groups excluding carboxylic acids is 2. The summed E-state index contributed by atoms with van der Waals surface area (Å²) in [7, 11) is 2.17. The largest absolute Gasteiger partial charge is 0.416 e. The van der Waals surface area contributed by atoms with Crippen LogP contribution in [0.5, 0.6) is 0 Å². The Morgan fingerprint density at radius 1 is 1.11 bits per heavy atom. The fraction of sp³-hybridized carbons (Fsp3) is 0.543. The van der Waals surface area contributed by atoms with Gasteiger partial charge in [0.05, 0.1) is 11.3 Å². The van der Waals surface area contributed by atoms with E-state index in [0.717, 1.165) is 43.4 Å². The molecule has 2 amide bonds. The molecule has 1 heterocycles. The van der Waals surface area contributed by atoms with Crippen molar-refractivity contribution in [1.82, 2.24) is 10.2 Å². The molecule has 1 saturated heterocycles. The van der Waals surface area contributed by atoms with Gasteiger partial charge in [0.15, 0.2) is 0 Å². The van der Waals surface area contributed by atoms with Crippen LogP contribution in [0.2, 0.25) is 0 Å². The Kier molecular flexibility index (Phi) is 13.3. The van der Waals surface area contributed by atoms with Crippen molar-refractivity contribution in [2.75, 3.05) is 25.0 Å². The Morgan fingerprint density at radius 2 is 1.70 bits per heavy atom. The van der Waals surface area contributed by atoms with Gasteiger partial charge in [-0.3, -0.25) is 14.5 Å². The number of allylic oxidation sites excluding steroid dienone is 5. The van der Waals surface area contributed by atoms with Gasteiger partial charge in [0.1, 0.15) is 11.9 Å². The number of hydrogen-bond acceptors (Lipinski definition) is 3. The lowest BCUT2D eigenvalue weighted by atomic mass is 9.91. The van der Waals surface area contributed by atoms with E-state index in [1.807, 2.05) is 0 Å². The zero-order valence-electron chi connectivity index (χ0n) is 26.8. The number of nitrogens with one attached hydrogen (secondary N) is 1. The summed E-state index contributed by atoms with van der Waals surface area (Å²) < 4.78 is 82.6. The molecule has 0 bridgehead atoms. The molecule has 4 aliphatic rings. The first-order chi connectivity index (χ1) is 21.7. The van der Waals surface area contributed by atoms with E-state index in [0.29, 0.717) is 11.0 Å². The van der Waals surface area contributed by atoms with Crippen LogP contribution in [0.1, 0.15) is 76.7 Å². The van der Waals surface area contributed by atoms with E-state index in [1.54, 1.807) is 6.07 Å². The van der Waals surface area contributed by atoms with Gasteiger partial charge < -0.3 is 10.2 Å². The maximum Gasteiger partial charge on any atom is 0.416 e. The smallest absolute Gasteiger partial charge is 0.351 e. The van der Waals surface area contributed by atoms with Crippen molar-refractivity contribution in [3.8, 4) is 0 Å². The molecule has 5 nitrogen and oxygen atoms in total. The summed E-state index contributed by atoms with van der Waals surface area (Å²) >= 11 is 0. The molecule has 1 aromatic carbocycles. The standard InChI is InChI=1S/C26H28F6N2O2.C5H11N.C4H6/c1-3-16(13-19(4-2)26(30,31)32)23(24(36)33-20-9-11-25(28,29)12-10-20)34(15-35)22-8-7-18(14-21(22)27)17-5-6-17;1-6-4-2-3-5-6;1-4-2-3-4/h3-4,7-8,13-15,17,20,23H,1,5-6,9-12H2,2H3,(H,33,36);2-5H2,1H3;2-4H,1H3/b16-13+,19-4+;;. The summed E-state index contributed by atoms with van der Waals surface area (Å²) in [6, 6.07) is 1.76. The predicted molar refractivity (Wildman–Crippen MR) is 169 cm³/mol. The quantitative estimate of drug-likeness (QED) is 0.126. The van der Waals surface area contributed by atoms with Gasteiger partial charge in [0.25, 0.3) is 0 Å². The summed E-state index contributed by atoms with van der Waals surface area (Å²) in [6.45, 7) is 9.46. The number of amides is 2. The SMILES string of the molecule is C=C/C(=C\C(=C/C)C(F)(F)F)C(C(=O)NC1CCC(F)(F)CC1)N(C=O)c1ccc(C2CC2)cc1F.CC1C=C1.CN1CCCC1. The molecule has 0 spiro atoms. The number of alkyl halides is 5. The first-order valence-electron chi connectivity index (χ1n) is 15.8. The fourth-order valence-electron chi connectivity index (χ4n) is 5.31. The van der Waals surface area contributed by atoms with Crippen LogP contribution in [0.25, 0.3) is 0 Å². The molecule has 3 fully saturated rings. The van der Waals surface area contributed by atoms with Crippen LogP contribution in [-0.4, -0.2) is 61.5 Å². The summed E-state index contributed by atoms with van der Waals surface area (Å²) in [5.74, 6) is -3.56. The highest BCUT2D eigenvalue weighted by Gasteiger charge is 2.39. The van der Waals surface area contributed by atoms with Crippen molar-refractivity contribution in [3.63, 3.8) is 0 Å². The topological polar surface area (TPSA) is 52.7 Å². The van der Waals surface area contributed by atoms with Crippen LogP contribution < -0.4 is 10.2 Å². The van der Waals surface area contributed by atoms with Crippen LogP contribution >= 0.6 is 0 Å². The van der Waals surface area contributed by atoms with Gasteiger partial charge in [0, 0.05) is 18.9 Å². The minimum Gasteiger partial charge on any atom is -0.351 e. The Morgan fingerprint density at radius 3 is 2.09 bits per heavy atom. The van der Waals surface area contributed by atoms with E-state index in [4.69, 9.17) is 0 Å². The summed E-state index contributed by atoms with van der Waals surface area (Å²) in [4.78, 5) is 28.6. The summed E-state index contributed by atoms with van der Waals surface area (Å²) in [5.41, 5.74) is -0.981. The Balaban J connectivity index is 0.000000485. The minimum atomic E-state index is -4.76. The maximum atomic E-state index is 15.1. The average molecular weight is 654 g/mol. The first-order valence-corrected chi connectivity index (χ1v) is 15.8. The number of benzene rings is 1. The van der Waals surface area contributed by atoms with E-state index < -0.39 is 54.3 Å². The van der Waals surface area contributed by atoms with Gasteiger partial charge in [-0.15, -0.1) is 0 Å². The monoisotopic (exact) mass is 653 g/mol. The van der Waals surface area contributed by atoms with Crippen molar-refractivity contribution >= 4 is 18.0 Å². The van der Waals surface area contributed by atoms with Gasteiger partial charge in [-0.2, -0.15) is 13.2 Å². The number of nitrogens with zero attached hydrogens (tertiary/aromatic N) is 2. The molecule has 1 unspecified atom stereocenters. The zero-order valence-corrected chi connectivity index (χ0v) is 26.8. The second kappa shape index (κ2) is 16.5. The van der Waals surface area contributed by atoms with E-state index in [-0.39, 0.29) is 36.4 Å². The Hall–Kier alpha value is -3.34. The van der Waals surface area contributed by atoms with E-state index in [2.05, 4.69) is 42.9 Å². The van der Waals surface area contributed by atoms with Gasteiger partial charge in [-0.25, -0.2) is 13.2 Å². The highest BCUT2D eigenvalue weighted by atomic mass is 19.4. The predicted octanol–water partition coefficient (Wildman–Crippen LogP) is 8.25. The number of anilines is 1. The van der Waals surface area contributed by atoms with Gasteiger partial charge in [-0.05, 0) is 107 Å². The van der Waals surface area contributed by atoms with Crippen LogP contribution in [0.4, 0.5) is 32.0 Å². The molecule has 5 rings (SSSR count). The Labute approximate surface area is 268 Å². The Bertz CT molecular complexity index is 1280. The molecule has 11 heteroatoms. The van der Waals surface area contributed by atoms with Crippen LogP contribution in [0.15, 0.2) is 66.3 Å². The van der Waals surface area contributed by atoms with Crippen molar-refractivity contribution in [1.29, 1.82) is 0 Å². The molecular weight excluding hydrogens is 608 g/mol. The molecule has 1 atom stereocenters. The van der Waals surface area contributed by atoms with Crippen molar-refractivity contribution in [2.45, 2.75) is 95.3 Å². The molecule has 3 aliphatic carbocycles. The van der Waals surface area contributed by atoms with E-state index in [9.17, 15) is 31.5 Å². The molecule has 1 N–H and O–H groups in total. The average Bonchev–Trinajstić information content (AvgIpc) is 3.94. The van der Waals surface area contributed by atoms with E-state index >= 15 is 4.39 Å². The van der Waals surface area contributed by atoms with Crippen LogP contribution in [-0.2, 0) is 9.59 Å². The highest BCUT2D eigenvalue weighted by molar-refractivity contribution is 5.96. The fourth-order valence-corrected chi connectivity index (χ4v) is 5.31. The van der Waals surface area contributed by atoms with Gasteiger partial charge in [0.2, 0.25) is 18.2 Å². The number of likely N-dealkylation sites (tertiary alicyclic amines) is 1. The zero-order chi connectivity index (χ0) is 34.1. The van der Waals surface area contributed by atoms with Crippen molar-refractivity contribution < 1.29 is 35.9 Å². The molecule has 2 saturated carbocycles. The van der Waals surface area contributed by atoms with Gasteiger partial charge >= 0.3 is 6.18 Å². The van der Waals surface area contributed by atoms with Crippen molar-refractivity contribution in [3.05, 3.63) is 77.7 Å². The third-order valence-corrected chi connectivity index (χ3v) is 8.42. The molecule has 46 heavy (non-hydrogen) atoms. The molecule has 254 valence electrons. The van der Waals surface area contributed by atoms with Crippen molar-refractivity contribution in [2.24, 2.45) is 5.92 Å². The number of halogens is 6. The lowest BCUT2D eigenvalue weighted by Crippen LogP contribution is -2.51.